The molecule has 2 aromatic rings. The van der Waals surface area contributed by atoms with Crippen LogP contribution >= 0.6 is 7.60 Å². The van der Waals surface area contributed by atoms with Gasteiger partial charge in [-0.05, 0) is 5.56 Å². The van der Waals surface area contributed by atoms with Crippen molar-refractivity contribution in [3.63, 3.8) is 0 Å². The molecule has 1 N–H and O–H groups in total. The van der Waals surface area contributed by atoms with E-state index < -0.39 is 12.5 Å². The van der Waals surface area contributed by atoms with Gasteiger partial charge in [-0.1, -0.05) is 12.1 Å². The van der Waals surface area contributed by atoms with E-state index in [2.05, 4.69) is 10.3 Å². The van der Waals surface area contributed by atoms with Gasteiger partial charge in [0.1, 0.15) is 0 Å². The molecule has 0 aliphatic carbocycles. The number of benzene rings is 1. The molecule has 2 rings (SSSR count). The molecule has 0 spiro atoms. The van der Waals surface area contributed by atoms with Gasteiger partial charge in [-0.25, -0.2) is 4.98 Å². The van der Waals surface area contributed by atoms with Gasteiger partial charge < -0.3 is 18.8 Å². The number of nitrogens with one attached hydrogen (secondary N) is 1. The Morgan fingerprint density at radius 3 is 2.39 bits per heavy atom. The van der Waals surface area contributed by atoms with Gasteiger partial charge in [-0.15, -0.1) is 0 Å². The number of oxazole rings is 1. The van der Waals surface area contributed by atoms with Gasteiger partial charge >= 0.3 is 7.60 Å². The molecule has 1 aromatic carbocycles. The van der Waals surface area contributed by atoms with E-state index in [9.17, 15) is 14.7 Å². The Labute approximate surface area is 132 Å². The van der Waals surface area contributed by atoms with Crippen molar-refractivity contribution >= 4 is 24.6 Å². The SMILES string of the molecule is CNc1oc(Cc2ccc([N+](=O)[O-])cc2)nc1P(=O)(OC)OC. The molecule has 0 radical (unpaired) electrons. The molecule has 0 aliphatic rings. The van der Waals surface area contributed by atoms with Gasteiger partial charge in [0.2, 0.25) is 17.2 Å². The van der Waals surface area contributed by atoms with Crippen LogP contribution in [0.1, 0.15) is 11.5 Å². The summed E-state index contributed by atoms with van der Waals surface area (Å²) >= 11 is 0. The first-order valence-electron chi connectivity index (χ1n) is 6.56. The van der Waals surface area contributed by atoms with Crippen molar-refractivity contribution in [2.45, 2.75) is 6.42 Å². The molecule has 124 valence electrons. The summed E-state index contributed by atoms with van der Waals surface area (Å²) in [4.78, 5) is 14.3. The normalized spacial score (nSPS) is 11.4. The van der Waals surface area contributed by atoms with Gasteiger partial charge in [-0.2, -0.15) is 0 Å². The molecule has 0 bridgehead atoms. The van der Waals surface area contributed by atoms with Crippen molar-refractivity contribution < 1.29 is 23.0 Å². The second-order valence-corrected chi connectivity index (χ2v) is 6.62. The first kappa shape index (κ1) is 17.1. The fraction of sp³-hybridized carbons (Fsp3) is 0.308. The maximum Gasteiger partial charge on any atom is 0.384 e. The van der Waals surface area contributed by atoms with Crippen molar-refractivity contribution in [2.24, 2.45) is 0 Å². The summed E-state index contributed by atoms with van der Waals surface area (Å²) in [5.41, 5.74) is 0.818. The zero-order chi connectivity index (χ0) is 17.0. The van der Waals surface area contributed by atoms with E-state index in [0.29, 0.717) is 0 Å². The number of non-ortho nitro benzene ring substituents is 1. The number of nitro groups is 1. The summed E-state index contributed by atoms with van der Waals surface area (Å²) in [6.07, 6.45) is 0.278. The summed E-state index contributed by atoms with van der Waals surface area (Å²) < 4.78 is 27.8. The average Bonchev–Trinajstić information content (AvgIpc) is 2.98. The standard InChI is InChI=1S/C13H16N3O6P/c1-14-12-13(23(19,20-2)21-3)15-11(22-12)8-9-4-6-10(7-5-9)16(17)18/h4-7,14H,8H2,1-3H3. The highest BCUT2D eigenvalue weighted by Crippen LogP contribution is 2.46. The topological polar surface area (TPSA) is 117 Å². The number of rotatable bonds is 7. The van der Waals surface area contributed by atoms with E-state index >= 15 is 0 Å². The van der Waals surface area contributed by atoms with E-state index in [1.54, 1.807) is 19.2 Å². The number of nitrogens with zero attached hydrogens (tertiary/aromatic N) is 2. The van der Waals surface area contributed by atoms with Crippen LogP contribution in [0.5, 0.6) is 0 Å². The molecule has 0 amide bonds. The monoisotopic (exact) mass is 341 g/mol. The summed E-state index contributed by atoms with van der Waals surface area (Å²) in [6, 6.07) is 6.00. The lowest BCUT2D eigenvalue weighted by Gasteiger charge is -2.10. The lowest BCUT2D eigenvalue weighted by atomic mass is 10.1. The van der Waals surface area contributed by atoms with Crippen molar-refractivity contribution in [2.75, 3.05) is 26.6 Å². The summed E-state index contributed by atoms with van der Waals surface area (Å²) in [7, 11) is 0.560. The van der Waals surface area contributed by atoms with E-state index in [4.69, 9.17) is 13.5 Å². The highest BCUT2D eigenvalue weighted by atomic mass is 31.2. The van der Waals surface area contributed by atoms with Crippen molar-refractivity contribution in [1.29, 1.82) is 0 Å². The second-order valence-electron chi connectivity index (χ2n) is 4.47. The minimum Gasteiger partial charge on any atom is -0.424 e. The molecular formula is C13H16N3O6P. The number of hydrogen-bond donors (Lipinski definition) is 1. The quantitative estimate of drug-likeness (QED) is 0.463. The predicted octanol–water partition coefficient (Wildman–Crippen LogP) is 2.33. The van der Waals surface area contributed by atoms with Crippen LogP contribution in [0.25, 0.3) is 0 Å². The Morgan fingerprint density at radius 1 is 1.30 bits per heavy atom. The molecule has 0 saturated heterocycles. The van der Waals surface area contributed by atoms with Gasteiger partial charge in [0.15, 0.2) is 0 Å². The largest absolute Gasteiger partial charge is 0.424 e. The van der Waals surface area contributed by atoms with Gasteiger partial charge in [0.05, 0.1) is 4.92 Å². The zero-order valence-electron chi connectivity index (χ0n) is 12.8. The maximum absolute atomic E-state index is 12.4. The molecule has 0 saturated carbocycles. The Morgan fingerprint density at radius 2 is 1.91 bits per heavy atom. The predicted molar refractivity (Wildman–Crippen MR) is 83.2 cm³/mol. The fourth-order valence-corrected chi connectivity index (χ4v) is 3.07. The van der Waals surface area contributed by atoms with Crippen LogP contribution in [0.2, 0.25) is 0 Å². The maximum atomic E-state index is 12.4. The lowest BCUT2D eigenvalue weighted by Crippen LogP contribution is -2.13. The number of nitro benzene ring substituents is 1. The fourth-order valence-electron chi connectivity index (χ4n) is 1.94. The van der Waals surface area contributed by atoms with Gasteiger partial charge in [-0.3, -0.25) is 14.7 Å². The highest BCUT2D eigenvalue weighted by Gasteiger charge is 2.33. The van der Waals surface area contributed by atoms with E-state index in [0.717, 1.165) is 5.56 Å². The van der Waals surface area contributed by atoms with Crippen LogP contribution in [0, 0.1) is 10.1 Å². The third-order valence-corrected chi connectivity index (χ3v) is 4.91. The first-order valence-corrected chi connectivity index (χ1v) is 8.10. The van der Waals surface area contributed by atoms with Crippen LogP contribution < -0.4 is 10.8 Å². The Kier molecular flexibility index (Phi) is 5.15. The molecule has 10 heteroatoms. The van der Waals surface area contributed by atoms with Crippen molar-refractivity contribution in [3.05, 3.63) is 45.8 Å². The van der Waals surface area contributed by atoms with Crippen LogP contribution in [-0.2, 0) is 20.0 Å². The van der Waals surface area contributed by atoms with Crippen LogP contribution in [0.15, 0.2) is 28.7 Å². The van der Waals surface area contributed by atoms with Gasteiger partial charge in [0.25, 0.3) is 5.69 Å². The third-order valence-electron chi connectivity index (χ3n) is 3.12. The smallest absolute Gasteiger partial charge is 0.384 e. The third kappa shape index (κ3) is 3.58. The summed E-state index contributed by atoms with van der Waals surface area (Å²) in [6.45, 7) is 0. The van der Waals surface area contributed by atoms with Crippen LogP contribution in [0.4, 0.5) is 11.6 Å². The van der Waals surface area contributed by atoms with Gasteiger partial charge in [0, 0.05) is 39.8 Å². The second kappa shape index (κ2) is 6.91. The first-order chi connectivity index (χ1) is 10.9. The number of hydrogen-bond acceptors (Lipinski definition) is 8. The highest BCUT2D eigenvalue weighted by molar-refractivity contribution is 7.62. The molecule has 0 fully saturated rings. The zero-order valence-corrected chi connectivity index (χ0v) is 13.7. The average molecular weight is 341 g/mol. The molecule has 1 aromatic heterocycles. The minimum atomic E-state index is -3.55. The molecule has 0 unspecified atom stereocenters. The number of anilines is 1. The Balaban J connectivity index is 2.29. The van der Waals surface area contributed by atoms with E-state index in [1.807, 2.05) is 0 Å². The van der Waals surface area contributed by atoms with Crippen molar-refractivity contribution in [3.8, 4) is 0 Å². The lowest BCUT2D eigenvalue weighted by molar-refractivity contribution is -0.384. The Hall–Kier alpha value is -2.22. The number of aromatic nitrogens is 1. The van der Waals surface area contributed by atoms with Crippen molar-refractivity contribution in [1.82, 2.24) is 4.98 Å². The summed E-state index contributed by atoms with van der Waals surface area (Å²) in [5.74, 6) is 0.474. The van der Waals surface area contributed by atoms with E-state index in [1.165, 1.54) is 26.4 Å². The molecule has 1 heterocycles. The molecule has 0 atom stereocenters. The van der Waals surface area contributed by atoms with E-state index in [-0.39, 0.29) is 29.3 Å². The minimum absolute atomic E-state index is 0.000948. The molecule has 23 heavy (non-hydrogen) atoms. The molecular weight excluding hydrogens is 325 g/mol. The Bertz CT molecular complexity index is 735. The van der Waals surface area contributed by atoms with Crippen LogP contribution in [0.3, 0.4) is 0 Å². The summed E-state index contributed by atoms with van der Waals surface area (Å²) in [5, 5.41) is 13.4. The molecule has 9 nitrogen and oxygen atoms in total. The van der Waals surface area contributed by atoms with Crippen LogP contribution in [-0.4, -0.2) is 31.2 Å². The molecule has 0 aliphatic heterocycles.